The largest absolute Gasteiger partial charge is 0.388 e. The summed E-state index contributed by atoms with van der Waals surface area (Å²) in [6.07, 6.45) is 0.187. The molecule has 106 valence electrons. The van der Waals surface area contributed by atoms with Gasteiger partial charge >= 0.3 is 11.1 Å². The molecule has 1 unspecified atom stereocenters. The smallest absolute Gasteiger partial charge is 0.339 e. The van der Waals surface area contributed by atoms with Gasteiger partial charge in [0, 0.05) is 11.9 Å². The summed E-state index contributed by atoms with van der Waals surface area (Å²) < 4.78 is 1.41. The molecule has 0 saturated heterocycles. The van der Waals surface area contributed by atoms with Gasteiger partial charge in [-0.05, 0) is 24.1 Å². The van der Waals surface area contributed by atoms with Crippen molar-refractivity contribution in [2.24, 2.45) is 7.05 Å². The molecule has 1 atom stereocenters. The van der Waals surface area contributed by atoms with Gasteiger partial charge in [0.05, 0.1) is 6.10 Å². The van der Waals surface area contributed by atoms with Gasteiger partial charge in [-0.2, -0.15) is 4.98 Å². The second-order valence-electron chi connectivity index (χ2n) is 4.29. The molecule has 20 heavy (non-hydrogen) atoms. The monoisotopic (exact) mass is 293 g/mol. The first-order valence-corrected chi connectivity index (χ1v) is 6.96. The van der Waals surface area contributed by atoms with Crippen LogP contribution in [-0.2, 0) is 7.05 Å². The molecule has 0 fully saturated rings. The molecule has 0 bridgehead atoms. The van der Waals surface area contributed by atoms with E-state index in [0.717, 1.165) is 10.5 Å². The number of benzene rings is 1. The normalized spacial score (nSPS) is 12.3. The molecule has 0 saturated carbocycles. The molecular formula is C13H15N3O3S. The number of rotatable bonds is 4. The number of aromatic amines is 1. The fourth-order valence-electron chi connectivity index (χ4n) is 1.65. The van der Waals surface area contributed by atoms with Gasteiger partial charge < -0.3 is 5.11 Å². The fraction of sp³-hybridized carbons (Fsp3) is 0.308. The third-order valence-corrected chi connectivity index (χ3v) is 3.86. The molecule has 1 heterocycles. The SMILES string of the molecule is CCC(O)c1ccc(Sc2nc(=O)c(=O)[nH]n2C)cc1. The third kappa shape index (κ3) is 3.17. The van der Waals surface area contributed by atoms with Crippen LogP contribution in [0.15, 0.2) is 43.9 Å². The molecule has 1 aromatic carbocycles. The molecule has 2 aromatic rings. The summed E-state index contributed by atoms with van der Waals surface area (Å²) in [6, 6.07) is 7.35. The molecule has 0 aliphatic rings. The topological polar surface area (TPSA) is 88.0 Å². The summed E-state index contributed by atoms with van der Waals surface area (Å²) >= 11 is 1.27. The Morgan fingerprint density at radius 1 is 1.35 bits per heavy atom. The van der Waals surface area contributed by atoms with Crippen molar-refractivity contribution in [2.45, 2.75) is 29.5 Å². The highest BCUT2D eigenvalue weighted by Crippen LogP contribution is 2.26. The molecule has 0 amide bonds. The Balaban J connectivity index is 2.24. The predicted molar refractivity (Wildman–Crippen MR) is 75.9 cm³/mol. The average Bonchev–Trinajstić information content (AvgIpc) is 2.44. The Kier molecular flexibility index (Phi) is 4.41. The highest BCUT2D eigenvalue weighted by molar-refractivity contribution is 7.99. The van der Waals surface area contributed by atoms with Gasteiger partial charge in [-0.3, -0.25) is 19.4 Å². The second-order valence-corrected chi connectivity index (χ2v) is 5.34. The minimum Gasteiger partial charge on any atom is -0.388 e. The van der Waals surface area contributed by atoms with Crippen molar-refractivity contribution in [1.29, 1.82) is 0 Å². The first-order valence-electron chi connectivity index (χ1n) is 6.14. The maximum atomic E-state index is 11.2. The molecule has 2 rings (SSSR count). The molecule has 0 aliphatic heterocycles. The first-order chi connectivity index (χ1) is 9.51. The Labute approximate surface area is 119 Å². The van der Waals surface area contributed by atoms with Crippen LogP contribution in [0.3, 0.4) is 0 Å². The van der Waals surface area contributed by atoms with Crippen LogP contribution in [0.5, 0.6) is 0 Å². The molecule has 1 aromatic heterocycles. The molecule has 6 nitrogen and oxygen atoms in total. The number of aromatic nitrogens is 3. The van der Waals surface area contributed by atoms with E-state index in [1.165, 1.54) is 16.4 Å². The van der Waals surface area contributed by atoms with E-state index in [9.17, 15) is 14.7 Å². The maximum absolute atomic E-state index is 11.2. The molecule has 0 aliphatic carbocycles. The Morgan fingerprint density at radius 3 is 2.60 bits per heavy atom. The third-order valence-electron chi connectivity index (χ3n) is 2.81. The van der Waals surface area contributed by atoms with E-state index in [0.29, 0.717) is 11.6 Å². The number of hydrogen-bond donors (Lipinski definition) is 2. The molecule has 0 radical (unpaired) electrons. The minimum absolute atomic E-state index is 0.401. The highest BCUT2D eigenvalue weighted by atomic mass is 32.2. The Bertz CT molecular complexity index is 706. The number of nitrogens with one attached hydrogen (secondary N) is 1. The van der Waals surface area contributed by atoms with Crippen molar-refractivity contribution in [3.05, 3.63) is 50.5 Å². The van der Waals surface area contributed by atoms with Gasteiger partial charge in [-0.15, -0.1) is 0 Å². The molecular weight excluding hydrogens is 278 g/mol. The number of aryl methyl sites for hydroxylation is 1. The lowest BCUT2D eigenvalue weighted by Crippen LogP contribution is -2.33. The lowest BCUT2D eigenvalue weighted by Gasteiger charge is -2.09. The number of aliphatic hydroxyl groups excluding tert-OH is 1. The van der Waals surface area contributed by atoms with Crippen LogP contribution in [0.25, 0.3) is 0 Å². The van der Waals surface area contributed by atoms with Crippen LogP contribution in [0.1, 0.15) is 25.0 Å². The van der Waals surface area contributed by atoms with E-state index in [1.807, 2.05) is 31.2 Å². The van der Waals surface area contributed by atoms with Crippen LogP contribution < -0.4 is 11.1 Å². The van der Waals surface area contributed by atoms with E-state index in [-0.39, 0.29) is 0 Å². The van der Waals surface area contributed by atoms with Gasteiger partial charge in [0.15, 0.2) is 5.16 Å². The Morgan fingerprint density at radius 2 is 2.00 bits per heavy atom. The van der Waals surface area contributed by atoms with Crippen molar-refractivity contribution in [1.82, 2.24) is 14.8 Å². The molecule has 0 spiro atoms. The summed E-state index contributed by atoms with van der Waals surface area (Å²) in [4.78, 5) is 26.9. The predicted octanol–water partition coefficient (Wildman–Crippen LogP) is 1.06. The van der Waals surface area contributed by atoms with Crippen molar-refractivity contribution in [3.63, 3.8) is 0 Å². The van der Waals surface area contributed by atoms with E-state index < -0.39 is 17.2 Å². The van der Waals surface area contributed by atoms with Crippen molar-refractivity contribution in [2.75, 3.05) is 0 Å². The van der Waals surface area contributed by atoms with Gasteiger partial charge in [-0.1, -0.05) is 30.8 Å². The van der Waals surface area contributed by atoms with Crippen LogP contribution in [0.4, 0.5) is 0 Å². The van der Waals surface area contributed by atoms with E-state index >= 15 is 0 Å². The van der Waals surface area contributed by atoms with Crippen molar-refractivity contribution >= 4 is 11.8 Å². The maximum Gasteiger partial charge on any atom is 0.339 e. The van der Waals surface area contributed by atoms with E-state index in [2.05, 4.69) is 10.1 Å². The summed E-state index contributed by atoms with van der Waals surface area (Å²) in [5, 5.41) is 12.5. The number of hydrogen-bond acceptors (Lipinski definition) is 5. The zero-order chi connectivity index (χ0) is 14.7. The van der Waals surface area contributed by atoms with Gasteiger partial charge in [-0.25, -0.2) is 0 Å². The lowest BCUT2D eigenvalue weighted by molar-refractivity contribution is 0.173. The highest BCUT2D eigenvalue weighted by Gasteiger charge is 2.08. The summed E-state index contributed by atoms with van der Waals surface area (Å²) in [6.45, 7) is 1.91. The zero-order valence-electron chi connectivity index (χ0n) is 11.2. The van der Waals surface area contributed by atoms with Gasteiger partial charge in [0.1, 0.15) is 0 Å². The van der Waals surface area contributed by atoms with Crippen LogP contribution in [0, 0.1) is 0 Å². The quantitative estimate of drug-likeness (QED) is 0.823. The Hall–Kier alpha value is -1.86. The van der Waals surface area contributed by atoms with Crippen molar-refractivity contribution < 1.29 is 5.11 Å². The number of H-pyrrole nitrogens is 1. The molecule has 2 N–H and O–H groups in total. The second kappa shape index (κ2) is 6.06. The summed E-state index contributed by atoms with van der Waals surface area (Å²) in [7, 11) is 1.62. The first kappa shape index (κ1) is 14.5. The van der Waals surface area contributed by atoms with Crippen LogP contribution in [-0.4, -0.2) is 19.9 Å². The minimum atomic E-state index is -0.802. The van der Waals surface area contributed by atoms with Gasteiger partial charge in [0.2, 0.25) is 0 Å². The van der Waals surface area contributed by atoms with Crippen molar-refractivity contribution in [3.8, 4) is 0 Å². The lowest BCUT2D eigenvalue weighted by atomic mass is 10.1. The number of nitrogens with zero attached hydrogens (tertiary/aromatic N) is 2. The zero-order valence-corrected chi connectivity index (χ0v) is 12.0. The standard InChI is InChI=1S/C13H15N3O3S/c1-3-10(17)8-4-6-9(7-5-8)20-13-14-11(18)12(19)15-16(13)2/h4-7,10,17H,3H2,1-2H3,(H,15,19). The average molecular weight is 293 g/mol. The summed E-state index contributed by atoms with van der Waals surface area (Å²) in [5.41, 5.74) is -0.693. The number of aliphatic hydroxyl groups is 1. The van der Waals surface area contributed by atoms with Crippen LogP contribution in [0.2, 0.25) is 0 Å². The van der Waals surface area contributed by atoms with Crippen LogP contribution >= 0.6 is 11.8 Å². The molecule has 7 heteroatoms. The summed E-state index contributed by atoms with van der Waals surface area (Å²) in [5.74, 6) is 0. The van der Waals surface area contributed by atoms with E-state index in [1.54, 1.807) is 7.05 Å². The van der Waals surface area contributed by atoms with E-state index in [4.69, 9.17) is 0 Å². The van der Waals surface area contributed by atoms with Gasteiger partial charge in [0.25, 0.3) is 0 Å². The fourth-order valence-corrected chi connectivity index (χ4v) is 2.45.